The predicted molar refractivity (Wildman–Crippen MR) is 144 cm³/mol. The van der Waals surface area contributed by atoms with Gasteiger partial charge < -0.3 is 4.74 Å². The molecule has 0 radical (unpaired) electrons. The van der Waals surface area contributed by atoms with E-state index < -0.39 is 0 Å². The molecule has 176 valence electrons. The molecule has 5 nitrogen and oxygen atoms in total. The van der Waals surface area contributed by atoms with Crippen molar-refractivity contribution in [3.8, 4) is 17.3 Å². The average Bonchev–Trinajstić information content (AvgIpc) is 3.52. The summed E-state index contributed by atoms with van der Waals surface area (Å²) < 4.78 is 8.48. The molecule has 1 unspecified atom stereocenters. The fourth-order valence-corrected chi connectivity index (χ4v) is 4.70. The predicted octanol–water partition coefficient (Wildman–Crippen LogP) is 7.33. The van der Waals surface area contributed by atoms with Crippen molar-refractivity contribution in [3.63, 3.8) is 0 Å². The zero-order chi connectivity index (χ0) is 24.3. The van der Waals surface area contributed by atoms with E-state index in [2.05, 4.69) is 48.3 Å². The quantitative estimate of drug-likeness (QED) is 0.261. The molecule has 0 N–H and O–H groups in total. The van der Waals surface area contributed by atoms with Crippen LogP contribution in [0.1, 0.15) is 29.3 Å². The molecule has 1 aliphatic rings. The van der Waals surface area contributed by atoms with Gasteiger partial charge in [-0.2, -0.15) is 10.2 Å². The molecule has 0 amide bonds. The fourth-order valence-electron chi connectivity index (χ4n) is 4.70. The van der Waals surface area contributed by atoms with Crippen LogP contribution in [0.15, 0.2) is 126 Å². The first-order valence-corrected chi connectivity index (χ1v) is 12.1. The van der Waals surface area contributed by atoms with E-state index in [1.807, 2.05) is 89.6 Å². The second kappa shape index (κ2) is 9.55. The van der Waals surface area contributed by atoms with E-state index in [4.69, 9.17) is 14.9 Å². The maximum absolute atomic E-state index is 6.58. The lowest BCUT2D eigenvalue weighted by atomic mass is 9.98. The lowest BCUT2D eigenvalue weighted by molar-refractivity contribution is 0.434. The van der Waals surface area contributed by atoms with Gasteiger partial charge in [0.05, 0.1) is 34.4 Å². The third kappa shape index (κ3) is 4.16. The van der Waals surface area contributed by atoms with Crippen LogP contribution in [0.3, 0.4) is 0 Å². The minimum atomic E-state index is -0.0706. The monoisotopic (exact) mass is 470 g/mol. The van der Waals surface area contributed by atoms with E-state index in [1.165, 1.54) is 0 Å². The summed E-state index contributed by atoms with van der Waals surface area (Å²) in [6.07, 6.45) is 0.741. The van der Waals surface area contributed by atoms with Gasteiger partial charge in [-0.25, -0.2) is 4.68 Å². The highest BCUT2D eigenvalue weighted by Crippen LogP contribution is 2.43. The number of hydrazone groups is 1. The summed E-state index contributed by atoms with van der Waals surface area (Å²) in [6, 6.07) is 40.6. The summed E-state index contributed by atoms with van der Waals surface area (Å²) in [5.74, 6) is 1.48. The van der Waals surface area contributed by atoms with Crippen LogP contribution in [-0.4, -0.2) is 15.5 Å². The first-order valence-electron chi connectivity index (χ1n) is 12.1. The first kappa shape index (κ1) is 21.9. The maximum Gasteiger partial charge on any atom is 0.228 e. The second-order valence-corrected chi connectivity index (χ2v) is 8.78. The number of aryl methyl sites for hydroxylation is 1. The Balaban J connectivity index is 1.50. The summed E-state index contributed by atoms with van der Waals surface area (Å²) in [7, 11) is 0. The Hall–Kier alpha value is -4.64. The minimum Gasteiger partial charge on any atom is -0.439 e. The second-order valence-electron chi connectivity index (χ2n) is 8.78. The molecule has 5 aromatic rings. The van der Waals surface area contributed by atoms with Gasteiger partial charge in [-0.05, 0) is 48.9 Å². The van der Waals surface area contributed by atoms with E-state index >= 15 is 0 Å². The molecule has 2 heterocycles. The molecular weight excluding hydrogens is 444 g/mol. The molecule has 6 rings (SSSR count). The largest absolute Gasteiger partial charge is 0.439 e. The topological polar surface area (TPSA) is 42.6 Å². The summed E-state index contributed by atoms with van der Waals surface area (Å²) in [5.41, 5.74) is 6.10. The molecule has 4 aromatic carbocycles. The van der Waals surface area contributed by atoms with Crippen molar-refractivity contribution in [2.45, 2.75) is 19.4 Å². The Labute approximate surface area is 210 Å². The Morgan fingerprint density at radius 3 is 1.89 bits per heavy atom. The summed E-state index contributed by atoms with van der Waals surface area (Å²) in [4.78, 5) is 0. The molecule has 0 saturated heterocycles. The number of hydrogen-bond donors (Lipinski definition) is 0. The molecule has 5 heteroatoms. The van der Waals surface area contributed by atoms with Gasteiger partial charge in [-0.3, -0.25) is 5.01 Å². The number of ether oxygens (including phenoxy) is 1. The Morgan fingerprint density at radius 1 is 0.694 bits per heavy atom. The van der Waals surface area contributed by atoms with Gasteiger partial charge in [0.1, 0.15) is 5.75 Å². The van der Waals surface area contributed by atoms with Gasteiger partial charge in [0.15, 0.2) is 0 Å². The van der Waals surface area contributed by atoms with Crippen molar-refractivity contribution < 1.29 is 4.74 Å². The van der Waals surface area contributed by atoms with Gasteiger partial charge in [0.25, 0.3) is 0 Å². The van der Waals surface area contributed by atoms with Crippen LogP contribution < -0.4 is 9.75 Å². The van der Waals surface area contributed by atoms with Crippen LogP contribution >= 0.6 is 0 Å². The fraction of sp³-hybridized carbons (Fsp3) is 0.0968. The van der Waals surface area contributed by atoms with Gasteiger partial charge in [0, 0.05) is 6.42 Å². The number of aromatic nitrogens is 2. The molecule has 1 atom stereocenters. The lowest BCUT2D eigenvalue weighted by Crippen LogP contribution is -2.19. The Morgan fingerprint density at radius 2 is 1.25 bits per heavy atom. The van der Waals surface area contributed by atoms with Crippen molar-refractivity contribution in [2.75, 3.05) is 5.01 Å². The van der Waals surface area contributed by atoms with Gasteiger partial charge in [0.2, 0.25) is 5.88 Å². The van der Waals surface area contributed by atoms with Crippen LogP contribution in [0.5, 0.6) is 11.6 Å². The lowest BCUT2D eigenvalue weighted by Gasteiger charge is -2.24. The summed E-state index contributed by atoms with van der Waals surface area (Å²) in [5, 5.41) is 12.2. The molecule has 0 fully saturated rings. The summed E-state index contributed by atoms with van der Waals surface area (Å²) >= 11 is 0. The smallest absolute Gasteiger partial charge is 0.228 e. The van der Waals surface area contributed by atoms with E-state index in [1.54, 1.807) is 0 Å². The zero-order valence-corrected chi connectivity index (χ0v) is 20.0. The Bertz CT molecular complexity index is 1480. The van der Waals surface area contributed by atoms with Crippen LogP contribution in [0.25, 0.3) is 5.69 Å². The number of nitrogens with zero attached hydrogens (tertiary/aromatic N) is 4. The van der Waals surface area contributed by atoms with Crippen molar-refractivity contribution in [1.29, 1.82) is 0 Å². The third-order valence-electron chi connectivity index (χ3n) is 6.39. The van der Waals surface area contributed by atoms with Crippen molar-refractivity contribution in [2.24, 2.45) is 5.10 Å². The number of hydrogen-bond acceptors (Lipinski definition) is 4. The molecule has 36 heavy (non-hydrogen) atoms. The molecule has 0 aliphatic carbocycles. The van der Waals surface area contributed by atoms with Crippen LogP contribution in [0, 0.1) is 6.92 Å². The number of anilines is 1. The highest BCUT2D eigenvalue weighted by molar-refractivity contribution is 6.03. The van der Waals surface area contributed by atoms with E-state index in [0.717, 1.165) is 46.1 Å². The minimum absolute atomic E-state index is 0.0706. The first-order chi connectivity index (χ1) is 17.8. The molecule has 0 bridgehead atoms. The molecule has 1 aliphatic heterocycles. The molecule has 0 saturated carbocycles. The van der Waals surface area contributed by atoms with E-state index in [9.17, 15) is 0 Å². The van der Waals surface area contributed by atoms with E-state index in [-0.39, 0.29) is 6.04 Å². The number of rotatable bonds is 6. The normalized spacial score (nSPS) is 15.1. The third-order valence-corrected chi connectivity index (χ3v) is 6.39. The maximum atomic E-state index is 6.58. The molecule has 0 spiro atoms. The van der Waals surface area contributed by atoms with Crippen molar-refractivity contribution in [3.05, 3.63) is 138 Å². The number of benzene rings is 4. The van der Waals surface area contributed by atoms with Crippen molar-refractivity contribution >= 4 is 11.4 Å². The van der Waals surface area contributed by atoms with Crippen LogP contribution in [0.4, 0.5) is 5.69 Å². The van der Waals surface area contributed by atoms with E-state index in [0.29, 0.717) is 5.88 Å². The van der Waals surface area contributed by atoms with Crippen LogP contribution in [0.2, 0.25) is 0 Å². The number of para-hydroxylation sites is 3. The summed E-state index contributed by atoms with van der Waals surface area (Å²) in [6.45, 7) is 2.05. The SMILES string of the molecule is Cc1nn(-c2ccccc2)c(Oc2ccccc2)c1C1CC(c2ccccc2)=NN1c1ccccc1. The molecule has 1 aromatic heterocycles. The zero-order valence-electron chi connectivity index (χ0n) is 20.0. The highest BCUT2D eigenvalue weighted by atomic mass is 16.5. The van der Waals surface area contributed by atoms with Gasteiger partial charge >= 0.3 is 0 Å². The highest BCUT2D eigenvalue weighted by Gasteiger charge is 2.36. The standard InChI is InChI=1S/C31H26N4O/c1-23-30(31(36-27-20-12-5-13-21-27)35(32-23)26-18-10-4-11-19-26)29-22-28(24-14-6-2-7-15-24)33-34(29)25-16-8-3-9-17-25/h2-21,29H,22H2,1H3. The van der Waals surface area contributed by atoms with Gasteiger partial charge in [-0.15, -0.1) is 0 Å². The van der Waals surface area contributed by atoms with Crippen LogP contribution in [-0.2, 0) is 0 Å². The average molecular weight is 471 g/mol. The van der Waals surface area contributed by atoms with Crippen molar-refractivity contribution in [1.82, 2.24) is 9.78 Å². The Kier molecular flexibility index (Phi) is 5.80. The molecular formula is C31H26N4O. The van der Waals surface area contributed by atoms with Gasteiger partial charge in [-0.1, -0.05) is 84.9 Å².